The Balaban J connectivity index is 1.61. The molecule has 4 rings (SSSR count). The van der Waals surface area contributed by atoms with Crippen LogP contribution >= 0.6 is 23.1 Å². The molecule has 0 radical (unpaired) electrons. The number of carbonyl (C=O) groups is 1. The zero-order valence-corrected chi connectivity index (χ0v) is 18.6. The highest BCUT2D eigenvalue weighted by molar-refractivity contribution is 7.99. The van der Waals surface area contributed by atoms with Crippen LogP contribution in [0.15, 0.2) is 59.0 Å². The number of rotatable bonds is 7. The van der Waals surface area contributed by atoms with E-state index in [1.54, 1.807) is 10.6 Å². The fourth-order valence-corrected chi connectivity index (χ4v) is 5.67. The number of nitrogens with one attached hydrogen (secondary N) is 1. The average molecular weight is 451 g/mol. The first-order valence-electron chi connectivity index (χ1n) is 10.1. The van der Waals surface area contributed by atoms with Crippen molar-refractivity contribution in [3.05, 3.63) is 59.4 Å². The fraction of sp³-hybridized carbons (Fsp3) is 0.304. The van der Waals surface area contributed by atoms with Crippen LogP contribution < -0.4 is 10.9 Å². The maximum absolute atomic E-state index is 13.1. The minimum atomic E-state index is -0.756. The lowest BCUT2D eigenvalue weighted by Gasteiger charge is -2.21. The molecule has 8 heteroatoms. The van der Waals surface area contributed by atoms with E-state index >= 15 is 0 Å². The quantitative estimate of drug-likeness (QED) is 0.328. The molecule has 1 amide bonds. The van der Waals surface area contributed by atoms with E-state index in [4.69, 9.17) is 0 Å². The minimum Gasteiger partial charge on any atom is -0.337 e. The molecule has 1 saturated carbocycles. The van der Waals surface area contributed by atoms with E-state index in [2.05, 4.69) is 22.9 Å². The van der Waals surface area contributed by atoms with E-state index in [0.717, 1.165) is 23.3 Å². The molecular formula is C23H22N4O2S2. The smallest absolute Gasteiger partial charge is 0.272 e. The molecule has 1 aromatic carbocycles. The minimum absolute atomic E-state index is 0.0915. The van der Waals surface area contributed by atoms with Gasteiger partial charge in [-0.2, -0.15) is 5.26 Å². The van der Waals surface area contributed by atoms with Crippen LogP contribution in [0.3, 0.4) is 0 Å². The maximum Gasteiger partial charge on any atom is 0.272 e. The molecular weight excluding hydrogens is 428 g/mol. The third kappa shape index (κ3) is 4.43. The summed E-state index contributed by atoms with van der Waals surface area (Å²) in [4.78, 5) is 31.3. The molecule has 1 N–H and O–H groups in total. The monoisotopic (exact) mass is 450 g/mol. The molecule has 0 bridgehead atoms. The van der Waals surface area contributed by atoms with Gasteiger partial charge in [0.1, 0.15) is 10.2 Å². The predicted molar refractivity (Wildman–Crippen MR) is 125 cm³/mol. The van der Waals surface area contributed by atoms with Gasteiger partial charge in [0.15, 0.2) is 5.16 Å². The standard InChI is InChI=1S/C23H22N4O2S2/c1-2-12-27-21(29)20-17(13-18(31-20)16-8-4-3-5-9-16)25-22(27)30-14-19(28)26-23(15-24)10-6-7-11-23/h2-5,8-9,13H,1,6-7,10-12,14H2,(H,26,28). The Kier molecular flexibility index (Phi) is 6.25. The van der Waals surface area contributed by atoms with Gasteiger partial charge in [0, 0.05) is 11.4 Å². The molecule has 6 nitrogen and oxygen atoms in total. The highest BCUT2D eigenvalue weighted by Gasteiger charge is 2.35. The first kappa shape index (κ1) is 21.3. The van der Waals surface area contributed by atoms with Crippen molar-refractivity contribution in [2.75, 3.05) is 5.75 Å². The zero-order chi connectivity index (χ0) is 21.8. The number of nitrogens with zero attached hydrogens (tertiary/aromatic N) is 3. The van der Waals surface area contributed by atoms with Crippen LogP contribution in [-0.4, -0.2) is 26.8 Å². The molecule has 2 aromatic heterocycles. The number of carbonyl (C=O) groups excluding carboxylic acids is 1. The number of thioether (sulfide) groups is 1. The van der Waals surface area contributed by atoms with Gasteiger partial charge >= 0.3 is 0 Å². The van der Waals surface area contributed by atoms with E-state index in [-0.39, 0.29) is 17.2 Å². The van der Waals surface area contributed by atoms with Gasteiger partial charge < -0.3 is 5.32 Å². The predicted octanol–water partition coefficient (Wildman–Crippen LogP) is 4.36. The van der Waals surface area contributed by atoms with Crippen molar-refractivity contribution in [2.24, 2.45) is 0 Å². The van der Waals surface area contributed by atoms with Crippen LogP contribution in [0.5, 0.6) is 0 Å². The number of amides is 1. The van der Waals surface area contributed by atoms with Crippen molar-refractivity contribution >= 4 is 39.2 Å². The van der Waals surface area contributed by atoms with Gasteiger partial charge in [-0.25, -0.2) is 4.98 Å². The summed E-state index contributed by atoms with van der Waals surface area (Å²) in [6, 6.07) is 14.1. The third-order valence-electron chi connectivity index (χ3n) is 5.35. The molecule has 158 valence electrons. The Labute approximate surface area is 188 Å². The highest BCUT2D eigenvalue weighted by Crippen LogP contribution is 2.32. The van der Waals surface area contributed by atoms with Gasteiger partial charge in [-0.1, -0.05) is 48.2 Å². The number of fused-ring (bicyclic) bond motifs is 1. The second kappa shape index (κ2) is 9.08. The molecule has 31 heavy (non-hydrogen) atoms. The maximum atomic E-state index is 13.1. The van der Waals surface area contributed by atoms with Crippen LogP contribution in [0.2, 0.25) is 0 Å². The molecule has 2 heterocycles. The summed E-state index contributed by atoms with van der Waals surface area (Å²) in [6.45, 7) is 4.06. The summed E-state index contributed by atoms with van der Waals surface area (Å²) in [6.07, 6.45) is 4.90. The van der Waals surface area contributed by atoms with Crippen LogP contribution in [0.1, 0.15) is 25.7 Å². The normalized spacial score (nSPS) is 14.9. The second-order valence-corrected chi connectivity index (χ2v) is 9.52. The van der Waals surface area contributed by atoms with Crippen molar-refractivity contribution in [1.82, 2.24) is 14.9 Å². The van der Waals surface area contributed by atoms with Crippen LogP contribution in [0.25, 0.3) is 20.7 Å². The molecule has 0 spiro atoms. The Morgan fingerprint density at radius 2 is 2.10 bits per heavy atom. The van der Waals surface area contributed by atoms with E-state index < -0.39 is 5.54 Å². The molecule has 0 saturated heterocycles. The summed E-state index contributed by atoms with van der Waals surface area (Å²) >= 11 is 2.63. The molecule has 1 aliphatic carbocycles. The van der Waals surface area contributed by atoms with Gasteiger partial charge in [0.2, 0.25) is 5.91 Å². The van der Waals surface area contributed by atoms with Crippen molar-refractivity contribution < 1.29 is 4.79 Å². The lowest BCUT2D eigenvalue weighted by Crippen LogP contribution is -2.45. The van der Waals surface area contributed by atoms with E-state index in [1.807, 2.05) is 36.4 Å². The first-order valence-corrected chi connectivity index (χ1v) is 11.9. The van der Waals surface area contributed by atoms with E-state index in [9.17, 15) is 14.9 Å². The number of hydrogen-bond donors (Lipinski definition) is 1. The number of aromatic nitrogens is 2. The van der Waals surface area contributed by atoms with Crippen molar-refractivity contribution in [2.45, 2.75) is 42.9 Å². The summed E-state index contributed by atoms with van der Waals surface area (Å²) in [7, 11) is 0. The Bertz CT molecular complexity index is 1220. The fourth-order valence-electron chi connectivity index (χ4n) is 3.81. The van der Waals surface area contributed by atoms with Gasteiger partial charge in [0.05, 0.1) is 17.3 Å². The zero-order valence-electron chi connectivity index (χ0n) is 17.0. The Morgan fingerprint density at radius 3 is 2.77 bits per heavy atom. The SMILES string of the molecule is C=CCn1c(SCC(=O)NC2(C#N)CCCC2)nc2cc(-c3ccccc3)sc2c1=O. The van der Waals surface area contributed by atoms with E-state index in [0.29, 0.717) is 34.8 Å². The average Bonchev–Trinajstić information content (AvgIpc) is 3.43. The van der Waals surface area contributed by atoms with Crippen molar-refractivity contribution in [3.8, 4) is 16.5 Å². The van der Waals surface area contributed by atoms with Gasteiger partial charge in [-0.3, -0.25) is 14.2 Å². The van der Waals surface area contributed by atoms with Crippen LogP contribution in [0.4, 0.5) is 0 Å². The molecule has 0 atom stereocenters. The van der Waals surface area contributed by atoms with Gasteiger partial charge in [-0.15, -0.1) is 17.9 Å². The number of benzene rings is 1. The highest BCUT2D eigenvalue weighted by atomic mass is 32.2. The molecule has 0 unspecified atom stereocenters. The lowest BCUT2D eigenvalue weighted by atomic mass is 10.0. The lowest BCUT2D eigenvalue weighted by molar-refractivity contribution is -0.119. The second-order valence-electron chi connectivity index (χ2n) is 7.53. The molecule has 3 aromatic rings. The topological polar surface area (TPSA) is 87.8 Å². The number of nitriles is 1. The number of hydrogen-bond acceptors (Lipinski definition) is 6. The molecule has 1 fully saturated rings. The Morgan fingerprint density at radius 1 is 1.35 bits per heavy atom. The number of allylic oxidation sites excluding steroid dienone is 1. The summed E-state index contributed by atoms with van der Waals surface area (Å²) in [5, 5.41) is 12.8. The Hall–Kier alpha value is -2.89. The summed E-state index contributed by atoms with van der Waals surface area (Å²) in [5.74, 6) is -0.128. The van der Waals surface area contributed by atoms with Gasteiger partial charge in [-0.05, 0) is 37.3 Å². The third-order valence-corrected chi connectivity index (χ3v) is 7.49. The molecule has 1 aliphatic rings. The van der Waals surface area contributed by atoms with Gasteiger partial charge in [0.25, 0.3) is 5.56 Å². The summed E-state index contributed by atoms with van der Waals surface area (Å²) < 4.78 is 2.14. The first-order chi connectivity index (χ1) is 15.0. The van der Waals surface area contributed by atoms with Crippen molar-refractivity contribution in [1.29, 1.82) is 5.26 Å². The number of thiophene rings is 1. The van der Waals surface area contributed by atoms with Crippen molar-refractivity contribution in [3.63, 3.8) is 0 Å². The van der Waals surface area contributed by atoms with E-state index in [1.165, 1.54) is 23.1 Å². The molecule has 0 aliphatic heterocycles. The largest absolute Gasteiger partial charge is 0.337 e. The van der Waals surface area contributed by atoms with Crippen LogP contribution in [0, 0.1) is 11.3 Å². The summed E-state index contributed by atoms with van der Waals surface area (Å²) in [5.41, 5.74) is 0.770. The van der Waals surface area contributed by atoms with Crippen LogP contribution in [-0.2, 0) is 11.3 Å².